The van der Waals surface area contributed by atoms with E-state index >= 15 is 0 Å². The molecular weight excluding hydrogens is 226 g/mol. The maximum absolute atomic E-state index is 6.05. The van der Waals surface area contributed by atoms with Gasteiger partial charge in [0.1, 0.15) is 0 Å². The number of aromatic nitrogens is 1. The second-order valence-electron chi connectivity index (χ2n) is 4.34. The van der Waals surface area contributed by atoms with Crippen molar-refractivity contribution in [3.63, 3.8) is 0 Å². The van der Waals surface area contributed by atoms with Crippen LogP contribution in [0.2, 0.25) is 0 Å². The minimum absolute atomic E-state index is 0.114. The summed E-state index contributed by atoms with van der Waals surface area (Å²) in [6, 6.07) is 1.96. The van der Waals surface area contributed by atoms with Crippen molar-refractivity contribution >= 4 is 5.69 Å². The van der Waals surface area contributed by atoms with Crippen LogP contribution in [0.15, 0.2) is 18.5 Å². The molecule has 1 heterocycles. The molecule has 0 radical (unpaired) electrons. The predicted octanol–water partition coefficient (Wildman–Crippen LogP) is 2.52. The van der Waals surface area contributed by atoms with Gasteiger partial charge in [0.25, 0.3) is 0 Å². The summed E-state index contributed by atoms with van der Waals surface area (Å²) >= 11 is 0. The molecule has 2 atom stereocenters. The average molecular weight is 251 g/mol. The molecule has 0 aliphatic rings. The number of hydrogen-bond donors (Lipinski definition) is 2. The van der Waals surface area contributed by atoms with Crippen molar-refractivity contribution in [1.82, 2.24) is 10.3 Å². The summed E-state index contributed by atoms with van der Waals surface area (Å²) in [6.45, 7) is 7.96. The van der Waals surface area contributed by atoms with Crippen LogP contribution < -0.4 is 11.1 Å². The van der Waals surface area contributed by atoms with Gasteiger partial charge in [0, 0.05) is 30.3 Å². The number of nitrogens with one attached hydrogen (secondary N) is 1. The van der Waals surface area contributed by atoms with E-state index in [1.807, 2.05) is 19.2 Å². The zero-order chi connectivity index (χ0) is 13.4. The molecule has 0 spiro atoms. The number of pyridine rings is 1. The van der Waals surface area contributed by atoms with E-state index < -0.39 is 0 Å². The third-order valence-corrected chi connectivity index (χ3v) is 2.99. The fourth-order valence-electron chi connectivity index (χ4n) is 2.08. The van der Waals surface area contributed by atoms with Crippen molar-refractivity contribution in [2.75, 3.05) is 18.9 Å². The van der Waals surface area contributed by atoms with Gasteiger partial charge in [-0.2, -0.15) is 0 Å². The Morgan fingerprint density at radius 3 is 2.72 bits per heavy atom. The van der Waals surface area contributed by atoms with Crippen molar-refractivity contribution in [2.45, 2.75) is 45.8 Å². The van der Waals surface area contributed by atoms with Crippen LogP contribution in [0.1, 0.15) is 45.2 Å². The lowest BCUT2D eigenvalue weighted by molar-refractivity contribution is 0.0315. The SMILES string of the molecule is CCCNC(c1cnccc1N)C(CC)OCC. The highest BCUT2D eigenvalue weighted by Crippen LogP contribution is 2.25. The van der Waals surface area contributed by atoms with Crippen LogP contribution in [0.3, 0.4) is 0 Å². The van der Waals surface area contributed by atoms with Crippen molar-refractivity contribution < 1.29 is 4.74 Å². The molecule has 4 heteroatoms. The number of nitrogens with two attached hydrogens (primary N) is 1. The minimum atomic E-state index is 0.114. The predicted molar refractivity (Wildman–Crippen MR) is 75.4 cm³/mol. The first-order valence-electron chi connectivity index (χ1n) is 6.78. The van der Waals surface area contributed by atoms with Crippen LogP contribution >= 0.6 is 0 Å². The lowest BCUT2D eigenvalue weighted by atomic mass is 9.99. The second-order valence-corrected chi connectivity index (χ2v) is 4.34. The van der Waals surface area contributed by atoms with Gasteiger partial charge in [-0.15, -0.1) is 0 Å². The van der Waals surface area contributed by atoms with Gasteiger partial charge in [-0.05, 0) is 32.4 Å². The van der Waals surface area contributed by atoms with E-state index in [1.165, 1.54) is 0 Å². The van der Waals surface area contributed by atoms with Crippen molar-refractivity contribution in [1.29, 1.82) is 0 Å². The Hall–Kier alpha value is -1.13. The highest BCUT2D eigenvalue weighted by molar-refractivity contribution is 5.46. The topological polar surface area (TPSA) is 60.2 Å². The molecule has 0 aliphatic heterocycles. The van der Waals surface area contributed by atoms with Crippen molar-refractivity contribution in [3.05, 3.63) is 24.0 Å². The number of hydrogen-bond acceptors (Lipinski definition) is 4. The normalized spacial score (nSPS) is 14.4. The lowest BCUT2D eigenvalue weighted by Crippen LogP contribution is -2.34. The Labute approximate surface area is 110 Å². The van der Waals surface area contributed by atoms with Crippen molar-refractivity contribution in [2.24, 2.45) is 0 Å². The summed E-state index contributed by atoms with van der Waals surface area (Å²) in [5.41, 5.74) is 7.85. The monoisotopic (exact) mass is 251 g/mol. The van der Waals surface area contributed by atoms with Crippen LogP contribution in [0.5, 0.6) is 0 Å². The third kappa shape index (κ3) is 3.96. The molecule has 1 rings (SSSR count). The smallest absolute Gasteiger partial charge is 0.0768 e. The maximum atomic E-state index is 6.05. The summed E-state index contributed by atoms with van der Waals surface area (Å²) in [7, 11) is 0. The third-order valence-electron chi connectivity index (χ3n) is 2.99. The summed E-state index contributed by atoms with van der Waals surface area (Å²) in [6.07, 6.45) is 5.72. The van der Waals surface area contributed by atoms with E-state index in [4.69, 9.17) is 10.5 Å². The molecule has 0 saturated heterocycles. The Kier molecular flexibility index (Phi) is 6.68. The van der Waals surface area contributed by atoms with E-state index in [-0.39, 0.29) is 12.1 Å². The Morgan fingerprint density at radius 2 is 2.17 bits per heavy atom. The van der Waals surface area contributed by atoms with E-state index in [2.05, 4.69) is 24.1 Å². The summed E-state index contributed by atoms with van der Waals surface area (Å²) in [4.78, 5) is 4.18. The lowest BCUT2D eigenvalue weighted by Gasteiger charge is -2.28. The van der Waals surface area contributed by atoms with Gasteiger partial charge in [-0.3, -0.25) is 4.98 Å². The Bertz CT molecular complexity index is 344. The van der Waals surface area contributed by atoms with E-state index in [9.17, 15) is 0 Å². The maximum Gasteiger partial charge on any atom is 0.0768 e. The zero-order valence-corrected chi connectivity index (χ0v) is 11.6. The summed E-state index contributed by atoms with van der Waals surface area (Å²) < 4.78 is 5.81. The number of nitrogens with zero attached hydrogens (tertiary/aromatic N) is 1. The Morgan fingerprint density at radius 1 is 1.39 bits per heavy atom. The largest absolute Gasteiger partial charge is 0.398 e. The van der Waals surface area contributed by atoms with Gasteiger partial charge in [0.15, 0.2) is 0 Å². The van der Waals surface area contributed by atoms with Crippen LogP contribution in [-0.2, 0) is 4.74 Å². The summed E-state index contributed by atoms with van der Waals surface area (Å²) in [5, 5.41) is 3.52. The molecule has 1 aromatic heterocycles. The van der Waals surface area contributed by atoms with Gasteiger partial charge >= 0.3 is 0 Å². The quantitative estimate of drug-likeness (QED) is 0.745. The highest BCUT2D eigenvalue weighted by atomic mass is 16.5. The number of nitrogen functional groups attached to an aromatic ring is 1. The first kappa shape index (κ1) is 14.9. The minimum Gasteiger partial charge on any atom is -0.398 e. The Balaban J connectivity index is 2.92. The first-order chi connectivity index (χ1) is 8.74. The van der Waals surface area contributed by atoms with Crippen LogP contribution in [0.4, 0.5) is 5.69 Å². The first-order valence-corrected chi connectivity index (χ1v) is 6.78. The molecule has 3 N–H and O–H groups in total. The van der Waals surface area contributed by atoms with Gasteiger partial charge in [0.2, 0.25) is 0 Å². The van der Waals surface area contributed by atoms with Gasteiger partial charge in [0.05, 0.1) is 12.1 Å². The molecule has 0 bridgehead atoms. The number of anilines is 1. The molecule has 0 aromatic carbocycles. The van der Waals surface area contributed by atoms with Gasteiger partial charge in [-0.25, -0.2) is 0 Å². The zero-order valence-electron chi connectivity index (χ0n) is 11.6. The molecule has 0 amide bonds. The molecule has 102 valence electrons. The molecule has 4 nitrogen and oxygen atoms in total. The summed E-state index contributed by atoms with van der Waals surface area (Å²) in [5.74, 6) is 0. The van der Waals surface area contributed by atoms with E-state index in [0.29, 0.717) is 6.61 Å². The molecule has 1 aromatic rings. The van der Waals surface area contributed by atoms with Gasteiger partial charge in [-0.1, -0.05) is 13.8 Å². The van der Waals surface area contributed by atoms with Gasteiger partial charge < -0.3 is 15.8 Å². The van der Waals surface area contributed by atoms with E-state index in [1.54, 1.807) is 6.20 Å². The van der Waals surface area contributed by atoms with Crippen LogP contribution in [0, 0.1) is 0 Å². The highest BCUT2D eigenvalue weighted by Gasteiger charge is 2.23. The molecule has 2 unspecified atom stereocenters. The fraction of sp³-hybridized carbons (Fsp3) is 0.643. The molecule has 0 aliphatic carbocycles. The second kappa shape index (κ2) is 8.06. The molecule has 18 heavy (non-hydrogen) atoms. The average Bonchev–Trinajstić information content (AvgIpc) is 2.39. The molecular formula is C14H25N3O. The van der Waals surface area contributed by atoms with Crippen LogP contribution in [-0.4, -0.2) is 24.2 Å². The standard InChI is InChI=1S/C14H25N3O/c1-4-8-17-14(13(5-2)18-6-3)11-10-16-9-7-12(11)15/h7,9-10,13-14,17H,4-6,8H2,1-3H3,(H2,15,16). The fourth-order valence-corrected chi connectivity index (χ4v) is 2.08. The van der Waals surface area contributed by atoms with Crippen molar-refractivity contribution in [3.8, 4) is 0 Å². The number of ether oxygens (including phenoxy) is 1. The van der Waals surface area contributed by atoms with Crippen LogP contribution in [0.25, 0.3) is 0 Å². The molecule has 0 saturated carbocycles. The number of rotatable bonds is 8. The van der Waals surface area contributed by atoms with E-state index in [0.717, 1.165) is 30.6 Å². The molecule has 0 fully saturated rings.